The maximum Gasteiger partial charge on any atom is 0.221 e. The summed E-state index contributed by atoms with van der Waals surface area (Å²) in [6, 6.07) is 6.07. The molecule has 0 unspecified atom stereocenters. The molecule has 0 saturated heterocycles. The minimum atomic E-state index is -0.270. The fourth-order valence-electron chi connectivity index (χ4n) is 1.84. The lowest BCUT2D eigenvalue weighted by molar-refractivity contribution is -0.117. The predicted octanol–water partition coefficient (Wildman–Crippen LogP) is 1.07. The molecule has 14 heavy (non-hydrogen) atoms. The van der Waals surface area contributed by atoms with E-state index in [0.717, 1.165) is 24.9 Å². The molecule has 3 heteroatoms. The number of fused-ring (bicyclic) bond motifs is 1. The fraction of sp³-hybridized carbons (Fsp3) is 0.364. The summed E-state index contributed by atoms with van der Waals surface area (Å²) >= 11 is 0. The molecule has 0 radical (unpaired) electrons. The predicted molar refractivity (Wildman–Crippen MR) is 56.2 cm³/mol. The van der Waals surface area contributed by atoms with Crippen LogP contribution in [-0.2, 0) is 17.6 Å². The molecular weight excluding hydrogens is 176 g/mol. The van der Waals surface area contributed by atoms with E-state index in [1.807, 2.05) is 12.1 Å². The zero-order chi connectivity index (χ0) is 9.97. The highest BCUT2D eigenvalue weighted by Gasteiger charge is 2.09. The number of amides is 1. The Morgan fingerprint density at radius 1 is 1.50 bits per heavy atom. The number of nitrogens with one attached hydrogen (secondary N) is 1. The highest BCUT2D eigenvalue weighted by molar-refractivity contribution is 5.77. The van der Waals surface area contributed by atoms with E-state index in [0.29, 0.717) is 6.42 Å². The molecule has 1 aromatic carbocycles. The zero-order valence-electron chi connectivity index (χ0n) is 8.05. The van der Waals surface area contributed by atoms with E-state index in [4.69, 9.17) is 5.73 Å². The van der Waals surface area contributed by atoms with Crippen LogP contribution in [-0.4, -0.2) is 12.5 Å². The van der Waals surface area contributed by atoms with Crippen LogP contribution in [0.5, 0.6) is 0 Å². The van der Waals surface area contributed by atoms with Crippen LogP contribution in [0.3, 0.4) is 0 Å². The summed E-state index contributed by atoms with van der Waals surface area (Å²) in [5.74, 6) is -0.270. The zero-order valence-corrected chi connectivity index (χ0v) is 8.05. The number of aryl methyl sites for hydroxylation is 1. The first-order chi connectivity index (χ1) is 6.75. The summed E-state index contributed by atoms with van der Waals surface area (Å²) in [4.78, 5) is 10.7. The van der Waals surface area contributed by atoms with Crippen LogP contribution in [0, 0.1) is 0 Å². The van der Waals surface area contributed by atoms with Crippen molar-refractivity contribution in [2.24, 2.45) is 5.73 Å². The van der Waals surface area contributed by atoms with Crippen LogP contribution in [0.25, 0.3) is 0 Å². The molecule has 3 N–H and O–H groups in total. The van der Waals surface area contributed by atoms with E-state index < -0.39 is 0 Å². The van der Waals surface area contributed by atoms with Gasteiger partial charge < -0.3 is 11.1 Å². The quantitative estimate of drug-likeness (QED) is 0.733. The number of hydrogen-bond donors (Lipinski definition) is 2. The van der Waals surface area contributed by atoms with Gasteiger partial charge in [0.25, 0.3) is 0 Å². The van der Waals surface area contributed by atoms with E-state index in [-0.39, 0.29) is 5.91 Å². The average Bonchev–Trinajstić information content (AvgIpc) is 2.17. The van der Waals surface area contributed by atoms with Gasteiger partial charge in [-0.05, 0) is 30.0 Å². The first kappa shape index (κ1) is 9.06. The second kappa shape index (κ2) is 3.70. The molecule has 0 saturated carbocycles. The number of nitrogens with two attached hydrogens (primary N) is 1. The second-order valence-electron chi connectivity index (χ2n) is 3.66. The van der Waals surface area contributed by atoms with Crippen molar-refractivity contribution >= 4 is 11.6 Å². The molecule has 0 atom stereocenters. The highest BCUT2D eigenvalue weighted by atomic mass is 16.1. The summed E-state index contributed by atoms with van der Waals surface area (Å²) in [5.41, 5.74) is 8.66. The minimum Gasteiger partial charge on any atom is -0.385 e. The Morgan fingerprint density at radius 3 is 3.14 bits per heavy atom. The molecule has 1 heterocycles. The lowest BCUT2D eigenvalue weighted by atomic mass is 9.99. The van der Waals surface area contributed by atoms with Crippen molar-refractivity contribution < 1.29 is 4.79 Å². The first-order valence-corrected chi connectivity index (χ1v) is 4.90. The third-order valence-electron chi connectivity index (χ3n) is 2.49. The van der Waals surface area contributed by atoms with Crippen molar-refractivity contribution in [2.45, 2.75) is 19.3 Å². The number of carbonyl (C=O) groups is 1. The van der Waals surface area contributed by atoms with Crippen molar-refractivity contribution in [3.05, 3.63) is 29.3 Å². The maximum absolute atomic E-state index is 10.7. The van der Waals surface area contributed by atoms with E-state index in [2.05, 4.69) is 11.4 Å². The second-order valence-corrected chi connectivity index (χ2v) is 3.66. The Bertz CT molecular complexity index is 360. The molecule has 1 aliphatic heterocycles. The Labute approximate surface area is 83.3 Å². The van der Waals surface area contributed by atoms with Gasteiger partial charge in [0.05, 0.1) is 6.42 Å². The summed E-state index contributed by atoms with van der Waals surface area (Å²) in [6.07, 6.45) is 2.59. The largest absolute Gasteiger partial charge is 0.385 e. The summed E-state index contributed by atoms with van der Waals surface area (Å²) in [7, 11) is 0. The van der Waals surface area contributed by atoms with Crippen LogP contribution < -0.4 is 11.1 Å². The van der Waals surface area contributed by atoms with Gasteiger partial charge in [0.1, 0.15) is 0 Å². The van der Waals surface area contributed by atoms with Gasteiger partial charge in [0.2, 0.25) is 5.91 Å². The van der Waals surface area contributed by atoms with Gasteiger partial charge in [-0.15, -0.1) is 0 Å². The van der Waals surface area contributed by atoms with Gasteiger partial charge >= 0.3 is 0 Å². The smallest absolute Gasteiger partial charge is 0.221 e. The van der Waals surface area contributed by atoms with Gasteiger partial charge in [-0.3, -0.25) is 4.79 Å². The normalized spacial score (nSPS) is 14.3. The van der Waals surface area contributed by atoms with Crippen molar-refractivity contribution in [2.75, 3.05) is 11.9 Å². The lowest BCUT2D eigenvalue weighted by Gasteiger charge is -2.18. The van der Waals surface area contributed by atoms with Gasteiger partial charge in [-0.1, -0.05) is 12.1 Å². The fourth-order valence-corrected chi connectivity index (χ4v) is 1.84. The molecule has 0 aromatic heterocycles. The molecule has 0 spiro atoms. The van der Waals surface area contributed by atoms with Crippen molar-refractivity contribution in [3.8, 4) is 0 Å². The number of primary amides is 1. The maximum atomic E-state index is 10.7. The Morgan fingerprint density at radius 2 is 2.36 bits per heavy atom. The molecule has 74 valence electrons. The molecular formula is C11H14N2O. The molecule has 1 aliphatic rings. The van der Waals surface area contributed by atoms with Crippen molar-refractivity contribution in [1.29, 1.82) is 0 Å². The monoisotopic (exact) mass is 190 g/mol. The molecule has 0 bridgehead atoms. The molecule has 2 rings (SSSR count). The summed E-state index contributed by atoms with van der Waals surface area (Å²) in [6.45, 7) is 1.04. The SMILES string of the molecule is NC(=O)Cc1ccc2c(c1)CCCN2. The van der Waals surface area contributed by atoms with E-state index in [1.165, 1.54) is 11.3 Å². The van der Waals surface area contributed by atoms with Crippen LogP contribution in [0.1, 0.15) is 17.5 Å². The summed E-state index contributed by atoms with van der Waals surface area (Å²) in [5, 5.41) is 3.33. The van der Waals surface area contributed by atoms with Gasteiger partial charge in [0, 0.05) is 12.2 Å². The number of anilines is 1. The molecule has 0 aliphatic carbocycles. The standard InChI is InChI=1S/C11H14N2O/c12-11(14)7-8-3-4-10-9(6-8)2-1-5-13-10/h3-4,6,13H,1-2,5,7H2,(H2,12,14). The van der Waals surface area contributed by atoms with Crippen LogP contribution >= 0.6 is 0 Å². The molecule has 3 nitrogen and oxygen atoms in total. The molecule has 1 aromatic rings. The number of rotatable bonds is 2. The van der Waals surface area contributed by atoms with Gasteiger partial charge in [-0.2, -0.15) is 0 Å². The molecule has 0 fully saturated rings. The minimum absolute atomic E-state index is 0.270. The number of carbonyl (C=O) groups excluding carboxylic acids is 1. The third kappa shape index (κ3) is 1.87. The summed E-state index contributed by atoms with van der Waals surface area (Å²) < 4.78 is 0. The van der Waals surface area contributed by atoms with Crippen LogP contribution in [0.2, 0.25) is 0 Å². The van der Waals surface area contributed by atoms with Gasteiger partial charge in [-0.25, -0.2) is 0 Å². The van der Waals surface area contributed by atoms with E-state index >= 15 is 0 Å². The lowest BCUT2D eigenvalue weighted by Crippen LogP contribution is -2.15. The first-order valence-electron chi connectivity index (χ1n) is 4.90. The van der Waals surface area contributed by atoms with E-state index in [1.54, 1.807) is 0 Å². The molecule has 1 amide bonds. The number of hydrogen-bond acceptors (Lipinski definition) is 2. The van der Waals surface area contributed by atoms with Crippen molar-refractivity contribution in [3.63, 3.8) is 0 Å². The Balaban J connectivity index is 2.24. The highest BCUT2D eigenvalue weighted by Crippen LogP contribution is 2.22. The van der Waals surface area contributed by atoms with Gasteiger partial charge in [0.15, 0.2) is 0 Å². The Kier molecular flexibility index (Phi) is 2.39. The van der Waals surface area contributed by atoms with Crippen molar-refractivity contribution in [1.82, 2.24) is 0 Å². The van der Waals surface area contributed by atoms with E-state index in [9.17, 15) is 4.79 Å². The van der Waals surface area contributed by atoms with Crippen LogP contribution in [0.4, 0.5) is 5.69 Å². The topological polar surface area (TPSA) is 55.1 Å². The van der Waals surface area contributed by atoms with Crippen LogP contribution in [0.15, 0.2) is 18.2 Å². The number of benzene rings is 1. The average molecular weight is 190 g/mol. The Hall–Kier alpha value is -1.51. The third-order valence-corrected chi connectivity index (χ3v) is 2.49.